The molecule has 0 saturated heterocycles. The molecule has 0 aliphatic rings. The summed E-state index contributed by atoms with van der Waals surface area (Å²) in [7, 11) is 1.28. The number of esters is 1. The highest BCUT2D eigenvalue weighted by Gasteiger charge is 2.08. The lowest BCUT2D eigenvalue weighted by Gasteiger charge is -2.05. The fourth-order valence-electron chi connectivity index (χ4n) is 1.94. The van der Waals surface area contributed by atoms with Gasteiger partial charge in [0.15, 0.2) is 6.61 Å². The molecule has 8 nitrogen and oxygen atoms in total. The summed E-state index contributed by atoms with van der Waals surface area (Å²) in [4.78, 5) is 34.5. The summed E-state index contributed by atoms with van der Waals surface area (Å²) in [5.74, 6) is -0.933. The molecule has 0 atom stereocenters. The summed E-state index contributed by atoms with van der Waals surface area (Å²) in [6.07, 6.45) is 1.09. The van der Waals surface area contributed by atoms with E-state index in [9.17, 15) is 14.4 Å². The quantitative estimate of drug-likeness (QED) is 0.319. The topological polar surface area (TPSA) is 106 Å². The lowest BCUT2D eigenvalue weighted by atomic mass is 10.2. The molecule has 2 aromatic carbocycles. The molecule has 2 aromatic rings. The average molecular weight is 369 g/mol. The maximum Gasteiger partial charge on any atom is 0.343 e. The fraction of sp³-hybridized carbons (Fsp3) is 0.158. The van der Waals surface area contributed by atoms with Gasteiger partial charge in [-0.05, 0) is 42.0 Å². The number of nitrogens with zero attached hydrogens (tertiary/aromatic N) is 1. The highest BCUT2D eigenvalue weighted by atomic mass is 16.6. The highest BCUT2D eigenvalue weighted by molar-refractivity contribution is 6.03. The van der Waals surface area contributed by atoms with Crippen molar-refractivity contribution in [1.82, 2.24) is 5.43 Å². The van der Waals surface area contributed by atoms with E-state index in [0.717, 1.165) is 0 Å². The van der Waals surface area contributed by atoms with Crippen molar-refractivity contribution < 1.29 is 23.9 Å². The van der Waals surface area contributed by atoms with E-state index in [1.807, 2.05) is 6.07 Å². The molecule has 2 N–H and O–H groups in total. The first-order chi connectivity index (χ1) is 13.1. The predicted octanol–water partition coefficient (Wildman–Crippen LogP) is 1.72. The fourth-order valence-corrected chi connectivity index (χ4v) is 1.94. The van der Waals surface area contributed by atoms with Crippen molar-refractivity contribution in [3.63, 3.8) is 0 Å². The third-order valence-corrected chi connectivity index (χ3v) is 3.25. The third-order valence-electron chi connectivity index (χ3n) is 3.25. The molecule has 0 heterocycles. The molecule has 2 amide bonds. The van der Waals surface area contributed by atoms with Gasteiger partial charge in [0, 0.05) is 5.69 Å². The molecule has 0 aliphatic heterocycles. The van der Waals surface area contributed by atoms with E-state index >= 15 is 0 Å². The molecule has 0 bridgehead atoms. The smallest absolute Gasteiger partial charge is 0.343 e. The Bertz CT molecular complexity index is 804. The Kier molecular flexibility index (Phi) is 7.52. The number of methoxy groups -OCH3 is 1. The Morgan fingerprint density at radius 3 is 2.37 bits per heavy atom. The van der Waals surface area contributed by atoms with E-state index in [1.165, 1.54) is 13.3 Å². The van der Waals surface area contributed by atoms with E-state index in [2.05, 4.69) is 20.6 Å². The maximum absolute atomic E-state index is 11.8. The predicted molar refractivity (Wildman–Crippen MR) is 99.4 cm³/mol. The summed E-state index contributed by atoms with van der Waals surface area (Å²) in [5, 5.41) is 6.41. The number of hydrazone groups is 1. The van der Waals surface area contributed by atoms with Gasteiger partial charge in [0.05, 0.1) is 13.3 Å². The van der Waals surface area contributed by atoms with E-state index in [-0.39, 0.29) is 13.0 Å². The SMILES string of the molecule is COC(=O)COc1ccc(C=NNC(=O)CC(=O)Nc2ccccc2)cc1. The molecule has 0 unspecified atom stereocenters. The van der Waals surface area contributed by atoms with E-state index in [0.29, 0.717) is 17.0 Å². The second-order valence-electron chi connectivity index (χ2n) is 5.32. The summed E-state index contributed by atoms with van der Waals surface area (Å²) in [6.45, 7) is -0.176. The Morgan fingerprint density at radius 2 is 1.70 bits per heavy atom. The normalized spacial score (nSPS) is 10.3. The van der Waals surface area contributed by atoms with Gasteiger partial charge in [-0.2, -0.15) is 5.10 Å². The number of carbonyl (C=O) groups is 3. The number of amides is 2. The van der Waals surface area contributed by atoms with Crippen LogP contribution in [-0.4, -0.2) is 37.7 Å². The highest BCUT2D eigenvalue weighted by Crippen LogP contribution is 2.11. The van der Waals surface area contributed by atoms with Crippen molar-refractivity contribution in [2.75, 3.05) is 19.0 Å². The number of anilines is 1. The first-order valence-corrected chi connectivity index (χ1v) is 8.03. The van der Waals surface area contributed by atoms with Gasteiger partial charge >= 0.3 is 5.97 Å². The number of para-hydroxylation sites is 1. The number of hydrogen-bond acceptors (Lipinski definition) is 6. The average Bonchev–Trinajstić information content (AvgIpc) is 2.67. The van der Waals surface area contributed by atoms with Crippen LogP contribution in [0.15, 0.2) is 59.7 Å². The summed E-state index contributed by atoms with van der Waals surface area (Å²) >= 11 is 0. The standard InChI is InChI=1S/C19H19N3O5/c1-26-19(25)13-27-16-9-7-14(8-10-16)12-20-22-18(24)11-17(23)21-15-5-3-2-4-6-15/h2-10,12H,11,13H2,1H3,(H,21,23)(H,22,24). The van der Waals surface area contributed by atoms with E-state index in [1.54, 1.807) is 48.5 Å². The molecular formula is C19H19N3O5. The van der Waals surface area contributed by atoms with Crippen molar-refractivity contribution in [3.8, 4) is 5.75 Å². The number of hydrogen-bond donors (Lipinski definition) is 2. The molecule has 0 saturated carbocycles. The number of carbonyl (C=O) groups excluding carboxylic acids is 3. The molecular weight excluding hydrogens is 350 g/mol. The Morgan fingerprint density at radius 1 is 1.00 bits per heavy atom. The van der Waals surface area contributed by atoms with E-state index < -0.39 is 17.8 Å². The molecule has 0 aliphatic carbocycles. The van der Waals surface area contributed by atoms with Crippen LogP contribution in [0.2, 0.25) is 0 Å². The first kappa shape index (κ1) is 19.6. The number of nitrogens with one attached hydrogen (secondary N) is 2. The van der Waals surface area contributed by atoms with Gasteiger partial charge < -0.3 is 14.8 Å². The van der Waals surface area contributed by atoms with Gasteiger partial charge in [0.25, 0.3) is 0 Å². The van der Waals surface area contributed by atoms with Gasteiger partial charge in [-0.15, -0.1) is 0 Å². The lowest BCUT2D eigenvalue weighted by molar-refractivity contribution is -0.143. The summed E-state index contributed by atoms with van der Waals surface area (Å²) < 4.78 is 9.69. The summed E-state index contributed by atoms with van der Waals surface area (Å²) in [6, 6.07) is 15.6. The second-order valence-corrected chi connectivity index (χ2v) is 5.32. The molecule has 0 radical (unpaired) electrons. The van der Waals surface area contributed by atoms with Crippen molar-refractivity contribution in [1.29, 1.82) is 0 Å². The van der Waals surface area contributed by atoms with E-state index in [4.69, 9.17) is 4.74 Å². The number of ether oxygens (including phenoxy) is 2. The number of rotatable bonds is 8. The summed E-state index contributed by atoms with van der Waals surface area (Å²) in [5.41, 5.74) is 3.61. The van der Waals surface area contributed by atoms with Gasteiger partial charge in [-0.3, -0.25) is 9.59 Å². The Hall–Kier alpha value is -3.68. The van der Waals surface area contributed by atoms with Crippen LogP contribution in [0, 0.1) is 0 Å². The minimum Gasteiger partial charge on any atom is -0.482 e. The second kappa shape index (κ2) is 10.3. The molecule has 0 fully saturated rings. The molecule has 0 spiro atoms. The molecule has 0 aromatic heterocycles. The van der Waals surface area contributed by atoms with Gasteiger partial charge in [-0.25, -0.2) is 10.2 Å². The van der Waals surface area contributed by atoms with Crippen molar-refractivity contribution in [2.45, 2.75) is 6.42 Å². The van der Waals surface area contributed by atoms with Gasteiger partial charge in [0.2, 0.25) is 11.8 Å². The lowest BCUT2D eigenvalue weighted by Crippen LogP contribution is -2.24. The monoisotopic (exact) mass is 369 g/mol. The maximum atomic E-state index is 11.8. The minimum atomic E-state index is -0.530. The number of benzene rings is 2. The Labute approximate surface area is 156 Å². The van der Waals surface area contributed by atoms with Crippen LogP contribution in [-0.2, 0) is 19.1 Å². The van der Waals surface area contributed by atoms with Crippen molar-refractivity contribution in [2.24, 2.45) is 5.10 Å². The van der Waals surface area contributed by atoms with Crippen LogP contribution < -0.4 is 15.5 Å². The Balaban J connectivity index is 1.74. The minimum absolute atomic E-state index is 0.176. The third kappa shape index (κ3) is 7.39. The van der Waals surface area contributed by atoms with Crippen LogP contribution in [0.1, 0.15) is 12.0 Å². The molecule has 2 rings (SSSR count). The van der Waals surface area contributed by atoms with Crippen LogP contribution in [0.5, 0.6) is 5.75 Å². The first-order valence-electron chi connectivity index (χ1n) is 8.03. The van der Waals surface area contributed by atoms with Crippen LogP contribution in [0.3, 0.4) is 0 Å². The zero-order chi connectivity index (χ0) is 19.5. The zero-order valence-corrected chi connectivity index (χ0v) is 14.7. The zero-order valence-electron chi connectivity index (χ0n) is 14.7. The van der Waals surface area contributed by atoms with Crippen LogP contribution >= 0.6 is 0 Å². The van der Waals surface area contributed by atoms with Crippen LogP contribution in [0.4, 0.5) is 5.69 Å². The van der Waals surface area contributed by atoms with Crippen LogP contribution in [0.25, 0.3) is 0 Å². The molecule has 140 valence electrons. The van der Waals surface area contributed by atoms with Crippen molar-refractivity contribution >= 4 is 29.7 Å². The van der Waals surface area contributed by atoms with Gasteiger partial charge in [0.1, 0.15) is 12.2 Å². The van der Waals surface area contributed by atoms with Gasteiger partial charge in [-0.1, -0.05) is 18.2 Å². The molecule has 27 heavy (non-hydrogen) atoms. The van der Waals surface area contributed by atoms with Crippen molar-refractivity contribution in [3.05, 3.63) is 60.2 Å². The largest absolute Gasteiger partial charge is 0.482 e. The molecule has 8 heteroatoms.